The normalized spacial score (nSPS) is 11.4. The van der Waals surface area contributed by atoms with Crippen LogP contribution in [-0.4, -0.2) is 0 Å². The number of halogens is 1. The zero-order valence-corrected chi connectivity index (χ0v) is 16.8. The molecule has 0 nitrogen and oxygen atoms in total. The Labute approximate surface area is 180 Å². The standard InChI is InChI=1S/C30H19F/c31-25-16-14-21(15-17-25)26-10-5-11-28-29(26)19-23-8-3-4-9-27(23)30(28)24-13-12-20-6-1-2-7-22(20)18-24/h1-19H. The summed E-state index contributed by atoms with van der Waals surface area (Å²) in [7, 11) is 0. The first-order chi connectivity index (χ1) is 15.3. The van der Waals surface area contributed by atoms with Crippen LogP contribution in [0.25, 0.3) is 54.6 Å². The minimum atomic E-state index is -0.216. The van der Waals surface area contributed by atoms with Gasteiger partial charge >= 0.3 is 0 Å². The molecule has 6 rings (SSSR count). The van der Waals surface area contributed by atoms with Crippen molar-refractivity contribution in [2.75, 3.05) is 0 Å². The van der Waals surface area contributed by atoms with Crippen molar-refractivity contribution in [3.05, 3.63) is 121 Å². The van der Waals surface area contributed by atoms with Crippen LogP contribution in [0.5, 0.6) is 0 Å². The summed E-state index contributed by atoms with van der Waals surface area (Å²) >= 11 is 0. The predicted molar refractivity (Wildman–Crippen MR) is 130 cm³/mol. The SMILES string of the molecule is Fc1ccc(-c2cccc3c(-c4ccc5ccccc5c4)c4ccccc4cc23)cc1. The van der Waals surface area contributed by atoms with E-state index in [1.807, 2.05) is 12.1 Å². The van der Waals surface area contributed by atoms with E-state index >= 15 is 0 Å². The average molecular weight is 398 g/mol. The summed E-state index contributed by atoms with van der Waals surface area (Å²) in [5, 5.41) is 7.29. The molecular formula is C30H19F. The van der Waals surface area contributed by atoms with Crippen LogP contribution in [0.3, 0.4) is 0 Å². The van der Waals surface area contributed by atoms with E-state index in [1.165, 1.54) is 55.6 Å². The second kappa shape index (κ2) is 7.07. The lowest BCUT2D eigenvalue weighted by Crippen LogP contribution is -1.89. The van der Waals surface area contributed by atoms with Crippen molar-refractivity contribution in [2.24, 2.45) is 0 Å². The number of hydrogen-bond donors (Lipinski definition) is 0. The summed E-state index contributed by atoms with van der Waals surface area (Å²) in [6, 6.07) is 39.1. The molecule has 0 aliphatic carbocycles. The molecule has 6 aromatic carbocycles. The maximum absolute atomic E-state index is 13.5. The zero-order chi connectivity index (χ0) is 20.8. The van der Waals surface area contributed by atoms with Crippen LogP contribution in [0.2, 0.25) is 0 Å². The van der Waals surface area contributed by atoms with Crippen molar-refractivity contribution in [2.45, 2.75) is 0 Å². The fourth-order valence-corrected chi connectivity index (χ4v) is 4.63. The highest BCUT2D eigenvalue weighted by molar-refractivity contribution is 6.16. The van der Waals surface area contributed by atoms with E-state index in [1.54, 1.807) is 0 Å². The number of benzene rings is 6. The molecule has 0 saturated carbocycles. The molecule has 0 fully saturated rings. The minimum absolute atomic E-state index is 0.216. The molecule has 0 aliphatic heterocycles. The lowest BCUT2D eigenvalue weighted by molar-refractivity contribution is 0.628. The summed E-state index contributed by atoms with van der Waals surface area (Å²) in [5.74, 6) is -0.216. The summed E-state index contributed by atoms with van der Waals surface area (Å²) in [6.45, 7) is 0. The Morgan fingerprint density at radius 3 is 1.94 bits per heavy atom. The quantitative estimate of drug-likeness (QED) is 0.256. The topological polar surface area (TPSA) is 0 Å². The largest absolute Gasteiger partial charge is 0.207 e. The van der Waals surface area contributed by atoms with Crippen molar-refractivity contribution >= 4 is 32.3 Å². The molecule has 0 atom stereocenters. The Morgan fingerprint density at radius 1 is 0.419 bits per heavy atom. The smallest absolute Gasteiger partial charge is 0.123 e. The van der Waals surface area contributed by atoms with Crippen molar-refractivity contribution in [1.82, 2.24) is 0 Å². The van der Waals surface area contributed by atoms with Crippen LogP contribution in [0.15, 0.2) is 115 Å². The number of hydrogen-bond acceptors (Lipinski definition) is 0. The Kier molecular flexibility index (Phi) is 4.07. The highest BCUT2D eigenvalue weighted by Crippen LogP contribution is 2.40. The molecule has 1 heteroatoms. The molecule has 0 spiro atoms. The Morgan fingerprint density at radius 2 is 1.10 bits per heavy atom. The second-order valence-corrected chi connectivity index (χ2v) is 7.94. The van der Waals surface area contributed by atoms with Crippen LogP contribution in [0, 0.1) is 5.82 Å². The average Bonchev–Trinajstić information content (AvgIpc) is 2.82. The Bertz CT molecular complexity index is 1580. The van der Waals surface area contributed by atoms with E-state index in [4.69, 9.17) is 0 Å². The maximum atomic E-state index is 13.5. The van der Waals surface area contributed by atoms with Crippen LogP contribution in [-0.2, 0) is 0 Å². The number of fused-ring (bicyclic) bond motifs is 3. The van der Waals surface area contributed by atoms with Crippen molar-refractivity contribution in [1.29, 1.82) is 0 Å². The lowest BCUT2D eigenvalue weighted by atomic mass is 9.88. The molecule has 0 heterocycles. The van der Waals surface area contributed by atoms with E-state index in [0.717, 1.165) is 11.1 Å². The van der Waals surface area contributed by atoms with Crippen molar-refractivity contribution in [3.8, 4) is 22.3 Å². The fourth-order valence-electron chi connectivity index (χ4n) is 4.63. The first-order valence-corrected chi connectivity index (χ1v) is 10.5. The van der Waals surface area contributed by atoms with Gasteiger partial charge < -0.3 is 0 Å². The van der Waals surface area contributed by atoms with Gasteiger partial charge in [0.25, 0.3) is 0 Å². The number of rotatable bonds is 2. The van der Waals surface area contributed by atoms with Crippen LogP contribution in [0.1, 0.15) is 0 Å². The maximum Gasteiger partial charge on any atom is 0.123 e. The molecule has 0 amide bonds. The molecule has 0 bridgehead atoms. The minimum Gasteiger partial charge on any atom is -0.207 e. The highest BCUT2D eigenvalue weighted by atomic mass is 19.1. The molecule has 31 heavy (non-hydrogen) atoms. The summed E-state index contributed by atoms with van der Waals surface area (Å²) in [5.41, 5.74) is 4.58. The van der Waals surface area contributed by atoms with Gasteiger partial charge in [-0.15, -0.1) is 0 Å². The molecular weight excluding hydrogens is 379 g/mol. The van der Waals surface area contributed by atoms with Crippen molar-refractivity contribution < 1.29 is 4.39 Å². The van der Waals surface area contributed by atoms with E-state index < -0.39 is 0 Å². The Hall–Kier alpha value is -3.97. The lowest BCUT2D eigenvalue weighted by Gasteiger charge is -2.15. The zero-order valence-electron chi connectivity index (χ0n) is 16.8. The monoisotopic (exact) mass is 398 g/mol. The first kappa shape index (κ1) is 17.9. The summed E-state index contributed by atoms with van der Waals surface area (Å²) < 4.78 is 13.5. The molecule has 0 radical (unpaired) electrons. The fraction of sp³-hybridized carbons (Fsp3) is 0. The predicted octanol–water partition coefficient (Wildman–Crippen LogP) is 8.62. The van der Waals surface area contributed by atoms with Crippen LogP contribution >= 0.6 is 0 Å². The first-order valence-electron chi connectivity index (χ1n) is 10.5. The van der Waals surface area contributed by atoms with E-state index in [2.05, 4.69) is 91.0 Å². The molecule has 0 saturated heterocycles. The molecule has 0 N–H and O–H groups in total. The third-order valence-electron chi connectivity index (χ3n) is 6.10. The van der Waals surface area contributed by atoms with Gasteiger partial charge in [0.05, 0.1) is 0 Å². The molecule has 0 unspecified atom stereocenters. The van der Waals surface area contributed by atoms with Crippen LogP contribution in [0.4, 0.5) is 4.39 Å². The van der Waals surface area contributed by atoms with E-state index in [0.29, 0.717) is 0 Å². The van der Waals surface area contributed by atoms with Gasteiger partial charge in [0.1, 0.15) is 5.82 Å². The van der Waals surface area contributed by atoms with Gasteiger partial charge in [-0.05, 0) is 78.8 Å². The van der Waals surface area contributed by atoms with E-state index in [-0.39, 0.29) is 5.82 Å². The van der Waals surface area contributed by atoms with Gasteiger partial charge in [0, 0.05) is 0 Å². The molecule has 6 aromatic rings. The van der Waals surface area contributed by atoms with Gasteiger partial charge in [0.2, 0.25) is 0 Å². The molecule has 0 aromatic heterocycles. The summed E-state index contributed by atoms with van der Waals surface area (Å²) in [6.07, 6.45) is 0. The van der Waals surface area contributed by atoms with E-state index in [9.17, 15) is 4.39 Å². The highest BCUT2D eigenvalue weighted by Gasteiger charge is 2.13. The van der Waals surface area contributed by atoms with Gasteiger partial charge in [-0.3, -0.25) is 0 Å². The molecule has 146 valence electrons. The third kappa shape index (κ3) is 2.98. The Balaban J connectivity index is 1.72. The third-order valence-corrected chi connectivity index (χ3v) is 6.10. The van der Waals surface area contributed by atoms with Gasteiger partial charge in [0.15, 0.2) is 0 Å². The van der Waals surface area contributed by atoms with Gasteiger partial charge in [-0.1, -0.05) is 91.0 Å². The summed E-state index contributed by atoms with van der Waals surface area (Å²) in [4.78, 5) is 0. The van der Waals surface area contributed by atoms with Gasteiger partial charge in [-0.25, -0.2) is 4.39 Å². The van der Waals surface area contributed by atoms with Gasteiger partial charge in [-0.2, -0.15) is 0 Å². The van der Waals surface area contributed by atoms with Crippen molar-refractivity contribution in [3.63, 3.8) is 0 Å². The van der Waals surface area contributed by atoms with Crippen LogP contribution < -0.4 is 0 Å². The molecule has 0 aliphatic rings. The second-order valence-electron chi connectivity index (χ2n) is 7.94.